The summed E-state index contributed by atoms with van der Waals surface area (Å²) in [5, 5.41) is 2.93. The molecule has 1 fully saturated rings. The smallest absolute Gasteiger partial charge is 0.287 e. The molecule has 7 heteroatoms. The fourth-order valence-electron chi connectivity index (χ4n) is 3.67. The first-order valence-corrected chi connectivity index (χ1v) is 10.8. The van der Waals surface area contributed by atoms with E-state index in [1.807, 2.05) is 24.3 Å². The predicted molar refractivity (Wildman–Crippen MR) is 110 cm³/mol. The van der Waals surface area contributed by atoms with Gasteiger partial charge in [0.15, 0.2) is 5.76 Å². The standard InChI is InChI=1S/C21H25N3O3S/c25-20-15-28-19-7-3-2-6-17(19)24(20)14-16-8-9-18(27-16)21(26)22-10-13-23-11-4-1-5-12-23/h2-3,6-9H,1,4-5,10-15H2,(H,22,26). The Kier molecular flexibility index (Phi) is 6.02. The number of piperidine rings is 1. The number of furan rings is 1. The lowest BCUT2D eigenvalue weighted by molar-refractivity contribution is -0.116. The molecule has 2 aliphatic heterocycles. The quantitative estimate of drug-likeness (QED) is 0.808. The number of para-hydroxylation sites is 1. The maximum Gasteiger partial charge on any atom is 0.287 e. The molecule has 1 aromatic heterocycles. The summed E-state index contributed by atoms with van der Waals surface area (Å²) in [6.07, 6.45) is 3.79. The van der Waals surface area contributed by atoms with Crippen LogP contribution < -0.4 is 10.2 Å². The highest BCUT2D eigenvalue weighted by Crippen LogP contribution is 2.35. The van der Waals surface area contributed by atoms with Crippen molar-refractivity contribution in [1.29, 1.82) is 0 Å². The van der Waals surface area contributed by atoms with Gasteiger partial charge in [-0.2, -0.15) is 0 Å². The summed E-state index contributed by atoms with van der Waals surface area (Å²) in [5.41, 5.74) is 0.896. The topological polar surface area (TPSA) is 65.8 Å². The van der Waals surface area contributed by atoms with Crippen LogP contribution in [0.15, 0.2) is 45.7 Å². The van der Waals surface area contributed by atoms with Crippen LogP contribution in [0.4, 0.5) is 5.69 Å². The van der Waals surface area contributed by atoms with E-state index in [1.54, 1.807) is 28.8 Å². The molecule has 2 amide bonds. The molecule has 2 aliphatic rings. The molecule has 0 bridgehead atoms. The minimum atomic E-state index is -0.204. The molecule has 0 saturated carbocycles. The number of rotatable bonds is 6. The van der Waals surface area contributed by atoms with E-state index in [4.69, 9.17) is 4.42 Å². The zero-order valence-corrected chi connectivity index (χ0v) is 16.7. The number of amides is 2. The van der Waals surface area contributed by atoms with Crippen LogP contribution in [-0.2, 0) is 11.3 Å². The third-order valence-corrected chi connectivity index (χ3v) is 6.22. The largest absolute Gasteiger partial charge is 0.454 e. The van der Waals surface area contributed by atoms with Gasteiger partial charge in [0, 0.05) is 18.0 Å². The lowest BCUT2D eigenvalue weighted by Gasteiger charge is -2.28. The number of carbonyl (C=O) groups is 2. The fourth-order valence-corrected chi connectivity index (χ4v) is 4.60. The number of hydrogen-bond donors (Lipinski definition) is 1. The Bertz CT molecular complexity index is 845. The maximum absolute atomic E-state index is 12.4. The maximum atomic E-state index is 12.4. The van der Waals surface area contributed by atoms with Gasteiger partial charge in [-0.25, -0.2) is 0 Å². The average molecular weight is 400 g/mol. The first kappa shape index (κ1) is 19.1. The van der Waals surface area contributed by atoms with Gasteiger partial charge in [-0.15, -0.1) is 11.8 Å². The van der Waals surface area contributed by atoms with E-state index in [2.05, 4.69) is 10.2 Å². The number of nitrogens with zero attached hydrogens (tertiary/aromatic N) is 2. The van der Waals surface area contributed by atoms with Crippen LogP contribution in [0, 0.1) is 0 Å². The zero-order valence-electron chi connectivity index (χ0n) is 15.9. The van der Waals surface area contributed by atoms with E-state index in [9.17, 15) is 9.59 Å². The number of anilines is 1. The summed E-state index contributed by atoms with van der Waals surface area (Å²) in [7, 11) is 0. The molecule has 28 heavy (non-hydrogen) atoms. The highest BCUT2D eigenvalue weighted by molar-refractivity contribution is 8.00. The molecule has 148 valence electrons. The van der Waals surface area contributed by atoms with Crippen molar-refractivity contribution in [3.05, 3.63) is 47.9 Å². The van der Waals surface area contributed by atoms with Crippen molar-refractivity contribution in [2.45, 2.75) is 30.7 Å². The van der Waals surface area contributed by atoms with Gasteiger partial charge in [0.05, 0.1) is 18.0 Å². The van der Waals surface area contributed by atoms with Crippen molar-refractivity contribution in [1.82, 2.24) is 10.2 Å². The molecule has 0 spiro atoms. The Morgan fingerprint density at radius 2 is 1.93 bits per heavy atom. The summed E-state index contributed by atoms with van der Waals surface area (Å²) in [6.45, 7) is 4.05. The van der Waals surface area contributed by atoms with Crippen LogP contribution in [-0.4, -0.2) is 48.6 Å². The number of likely N-dealkylation sites (tertiary alicyclic amines) is 1. The number of fused-ring (bicyclic) bond motifs is 1. The van der Waals surface area contributed by atoms with E-state index in [0.29, 0.717) is 30.4 Å². The average Bonchev–Trinajstić information content (AvgIpc) is 3.20. The van der Waals surface area contributed by atoms with Crippen molar-refractivity contribution < 1.29 is 14.0 Å². The van der Waals surface area contributed by atoms with Crippen molar-refractivity contribution in [3.8, 4) is 0 Å². The van der Waals surface area contributed by atoms with E-state index in [0.717, 1.165) is 30.2 Å². The number of thioether (sulfide) groups is 1. The van der Waals surface area contributed by atoms with Gasteiger partial charge >= 0.3 is 0 Å². The minimum Gasteiger partial charge on any atom is -0.454 e. The summed E-state index contributed by atoms with van der Waals surface area (Å²) in [5.74, 6) is 1.16. The number of nitrogens with one attached hydrogen (secondary N) is 1. The van der Waals surface area contributed by atoms with Gasteiger partial charge in [0.2, 0.25) is 5.91 Å². The van der Waals surface area contributed by atoms with Crippen molar-refractivity contribution in [2.75, 3.05) is 36.8 Å². The van der Waals surface area contributed by atoms with Gasteiger partial charge < -0.3 is 19.5 Å². The Morgan fingerprint density at radius 3 is 2.79 bits per heavy atom. The molecular weight excluding hydrogens is 374 g/mol. The van der Waals surface area contributed by atoms with Gasteiger partial charge in [0.25, 0.3) is 5.91 Å². The molecule has 0 atom stereocenters. The van der Waals surface area contributed by atoms with Gasteiger partial charge in [-0.05, 0) is 50.2 Å². The normalized spacial score (nSPS) is 17.4. The highest BCUT2D eigenvalue weighted by atomic mass is 32.2. The Morgan fingerprint density at radius 1 is 1.11 bits per heavy atom. The Balaban J connectivity index is 1.34. The number of hydrogen-bond acceptors (Lipinski definition) is 5. The summed E-state index contributed by atoms with van der Waals surface area (Å²) in [6, 6.07) is 11.3. The van der Waals surface area contributed by atoms with Crippen LogP contribution in [0.3, 0.4) is 0 Å². The van der Waals surface area contributed by atoms with E-state index in [-0.39, 0.29) is 11.8 Å². The minimum absolute atomic E-state index is 0.0487. The highest BCUT2D eigenvalue weighted by Gasteiger charge is 2.25. The second-order valence-electron chi connectivity index (χ2n) is 7.16. The Labute approximate surface area is 169 Å². The molecule has 3 heterocycles. The molecule has 1 N–H and O–H groups in total. The molecule has 2 aromatic rings. The lowest BCUT2D eigenvalue weighted by Crippen LogP contribution is -2.37. The van der Waals surface area contributed by atoms with Gasteiger partial charge in [-0.1, -0.05) is 18.6 Å². The van der Waals surface area contributed by atoms with Crippen LogP contribution in [0.1, 0.15) is 35.6 Å². The first-order chi connectivity index (χ1) is 13.7. The third-order valence-electron chi connectivity index (χ3n) is 5.17. The monoisotopic (exact) mass is 399 g/mol. The first-order valence-electron chi connectivity index (χ1n) is 9.82. The molecule has 1 aromatic carbocycles. The van der Waals surface area contributed by atoms with Crippen LogP contribution in [0.5, 0.6) is 0 Å². The molecule has 0 radical (unpaired) electrons. The molecule has 4 rings (SSSR count). The van der Waals surface area contributed by atoms with Crippen molar-refractivity contribution in [3.63, 3.8) is 0 Å². The second kappa shape index (κ2) is 8.84. The van der Waals surface area contributed by atoms with E-state index >= 15 is 0 Å². The molecular formula is C21H25N3O3S. The summed E-state index contributed by atoms with van der Waals surface area (Å²) in [4.78, 5) is 29.9. The van der Waals surface area contributed by atoms with Crippen LogP contribution in [0.2, 0.25) is 0 Å². The number of benzene rings is 1. The summed E-state index contributed by atoms with van der Waals surface area (Å²) >= 11 is 1.55. The second-order valence-corrected chi connectivity index (χ2v) is 8.18. The Hall–Kier alpha value is -2.25. The molecule has 0 aliphatic carbocycles. The van der Waals surface area contributed by atoms with Crippen LogP contribution >= 0.6 is 11.8 Å². The summed E-state index contributed by atoms with van der Waals surface area (Å²) < 4.78 is 5.73. The predicted octanol–water partition coefficient (Wildman–Crippen LogP) is 3.13. The zero-order chi connectivity index (χ0) is 19.3. The van der Waals surface area contributed by atoms with E-state index in [1.165, 1.54) is 19.3 Å². The van der Waals surface area contributed by atoms with Gasteiger partial charge in [-0.3, -0.25) is 9.59 Å². The van der Waals surface area contributed by atoms with Crippen LogP contribution in [0.25, 0.3) is 0 Å². The van der Waals surface area contributed by atoms with Gasteiger partial charge in [0.1, 0.15) is 5.76 Å². The van der Waals surface area contributed by atoms with E-state index < -0.39 is 0 Å². The third kappa shape index (κ3) is 4.42. The molecule has 0 unspecified atom stereocenters. The lowest BCUT2D eigenvalue weighted by atomic mass is 10.1. The fraction of sp³-hybridized carbons (Fsp3) is 0.429. The van der Waals surface area contributed by atoms with Crippen molar-refractivity contribution in [2.24, 2.45) is 0 Å². The molecule has 6 nitrogen and oxygen atoms in total. The SMILES string of the molecule is O=C(NCCN1CCCCC1)c1ccc(CN2C(=O)CSc3ccccc32)o1. The number of carbonyl (C=O) groups excluding carboxylic acids is 2. The molecule has 1 saturated heterocycles. The van der Waals surface area contributed by atoms with Crippen molar-refractivity contribution >= 4 is 29.3 Å².